The normalized spacial score (nSPS) is 12.2. The van der Waals surface area contributed by atoms with Gasteiger partial charge in [0.15, 0.2) is 0 Å². The molecule has 0 saturated heterocycles. The largest absolute Gasteiger partial charge is 0.493 e. The highest BCUT2D eigenvalue weighted by molar-refractivity contribution is 5.81. The first-order chi connectivity index (χ1) is 9.51. The highest BCUT2D eigenvalue weighted by Crippen LogP contribution is 2.22. The zero-order valence-electron chi connectivity index (χ0n) is 11.6. The summed E-state index contributed by atoms with van der Waals surface area (Å²) in [7, 11) is 1.34. The summed E-state index contributed by atoms with van der Waals surface area (Å²) in [4.78, 5) is 22.6. The van der Waals surface area contributed by atoms with E-state index in [9.17, 15) is 9.59 Å². The Hall–Kier alpha value is -2.30. The van der Waals surface area contributed by atoms with Crippen molar-refractivity contribution < 1.29 is 18.7 Å². The van der Waals surface area contributed by atoms with Crippen molar-refractivity contribution in [2.45, 2.75) is 13.8 Å². The second-order valence-electron chi connectivity index (χ2n) is 4.64. The number of esters is 1. The molecule has 0 aliphatic rings. The van der Waals surface area contributed by atoms with Crippen LogP contribution in [0.2, 0.25) is 0 Å². The van der Waals surface area contributed by atoms with E-state index in [1.165, 1.54) is 13.2 Å². The predicted molar refractivity (Wildman–Crippen MR) is 73.9 cm³/mol. The fraction of sp³-hybridized carbons (Fsp3) is 0.333. The molecule has 106 valence electrons. The van der Waals surface area contributed by atoms with Crippen LogP contribution in [0.5, 0.6) is 5.75 Å². The van der Waals surface area contributed by atoms with Gasteiger partial charge in [0, 0.05) is 17.5 Å². The maximum atomic E-state index is 11.3. The van der Waals surface area contributed by atoms with Crippen molar-refractivity contribution in [1.29, 1.82) is 0 Å². The number of methoxy groups -OCH3 is 1. The van der Waals surface area contributed by atoms with E-state index in [0.717, 1.165) is 10.9 Å². The Morgan fingerprint density at radius 3 is 2.80 bits per heavy atom. The first kappa shape index (κ1) is 14.1. The Morgan fingerprint density at radius 2 is 2.10 bits per heavy atom. The maximum Gasteiger partial charge on any atom is 0.336 e. The molecule has 0 fully saturated rings. The molecule has 0 N–H and O–H groups in total. The van der Waals surface area contributed by atoms with Crippen LogP contribution in [0.25, 0.3) is 11.0 Å². The summed E-state index contributed by atoms with van der Waals surface area (Å²) in [6.45, 7) is 3.77. The van der Waals surface area contributed by atoms with E-state index in [1.54, 1.807) is 19.1 Å². The van der Waals surface area contributed by atoms with Crippen LogP contribution in [0.3, 0.4) is 0 Å². The van der Waals surface area contributed by atoms with Gasteiger partial charge in [0.25, 0.3) is 0 Å². The van der Waals surface area contributed by atoms with Crippen molar-refractivity contribution in [2.24, 2.45) is 5.92 Å². The molecule has 1 aromatic heterocycles. The zero-order chi connectivity index (χ0) is 14.7. The van der Waals surface area contributed by atoms with E-state index in [4.69, 9.17) is 9.15 Å². The van der Waals surface area contributed by atoms with E-state index in [0.29, 0.717) is 11.3 Å². The van der Waals surface area contributed by atoms with E-state index >= 15 is 0 Å². The van der Waals surface area contributed by atoms with Crippen molar-refractivity contribution in [3.8, 4) is 5.75 Å². The lowest BCUT2D eigenvalue weighted by Gasteiger charge is -2.11. The van der Waals surface area contributed by atoms with E-state index in [-0.39, 0.29) is 18.5 Å². The molecule has 1 unspecified atom stereocenters. The fourth-order valence-corrected chi connectivity index (χ4v) is 1.89. The number of carbonyl (C=O) groups excluding carboxylic acids is 1. The number of hydrogen-bond donors (Lipinski definition) is 0. The molecular weight excluding hydrogens is 260 g/mol. The summed E-state index contributed by atoms with van der Waals surface area (Å²) >= 11 is 0. The smallest absolute Gasteiger partial charge is 0.336 e. The minimum Gasteiger partial charge on any atom is -0.493 e. The molecule has 1 heterocycles. The van der Waals surface area contributed by atoms with Gasteiger partial charge in [-0.25, -0.2) is 4.79 Å². The van der Waals surface area contributed by atoms with Crippen LogP contribution in [0, 0.1) is 12.8 Å². The molecule has 2 aromatic rings. The third-order valence-electron chi connectivity index (χ3n) is 3.03. The topological polar surface area (TPSA) is 65.7 Å². The van der Waals surface area contributed by atoms with Gasteiger partial charge < -0.3 is 13.9 Å². The molecule has 0 aliphatic carbocycles. The number of rotatable bonds is 4. The van der Waals surface area contributed by atoms with Gasteiger partial charge in [-0.1, -0.05) is 0 Å². The summed E-state index contributed by atoms with van der Waals surface area (Å²) < 4.78 is 15.3. The highest BCUT2D eigenvalue weighted by atomic mass is 16.5. The summed E-state index contributed by atoms with van der Waals surface area (Å²) in [6.07, 6.45) is 0. The number of fused-ring (bicyclic) bond motifs is 1. The van der Waals surface area contributed by atoms with E-state index in [1.807, 2.05) is 13.0 Å². The quantitative estimate of drug-likeness (QED) is 0.633. The monoisotopic (exact) mass is 276 g/mol. The summed E-state index contributed by atoms with van der Waals surface area (Å²) in [5, 5.41) is 0.859. The van der Waals surface area contributed by atoms with E-state index < -0.39 is 5.63 Å². The molecule has 1 atom stereocenters. The van der Waals surface area contributed by atoms with Gasteiger partial charge >= 0.3 is 11.6 Å². The summed E-state index contributed by atoms with van der Waals surface area (Å²) in [5.41, 5.74) is 0.930. The Bertz CT molecular complexity index is 686. The van der Waals surface area contributed by atoms with Gasteiger partial charge in [-0.3, -0.25) is 4.79 Å². The summed E-state index contributed by atoms with van der Waals surface area (Å²) in [6, 6.07) is 6.70. The molecule has 20 heavy (non-hydrogen) atoms. The Balaban J connectivity index is 2.20. The molecule has 0 saturated carbocycles. The molecule has 2 rings (SSSR count). The first-order valence-corrected chi connectivity index (χ1v) is 6.26. The number of aryl methyl sites for hydroxylation is 1. The second kappa shape index (κ2) is 5.77. The lowest BCUT2D eigenvalue weighted by atomic mass is 10.1. The number of ether oxygens (including phenoxy) is 2. The van der Waals surface area contributed by atoms with Gasteiger partial charge in [0.1, 0.15) is 17.9 Å². The third kappa shape index (κ3) is 2.99. The van der Waals surface area contributed by atoms with Crippen molar-refractivity contribution in [3.63, 3.8) is 0 Å². The number of carbonyl (C=O) groups is 1. The van der Waals surface area contributed by atoms with Crippen LogP contribution in [0.4, 0.5) is 0 Å². The molecule has 0 radical (unpaired) electrons. The van der Waals surface area contributed by atoms with E-state index in [2.05, 4.69) is 4.74 Å². The number of hydrogen-bond acceptors (Lipinski definition) is 5. The Morgan fingerprint density at radius 1 is 1.35 bits per heavy atom. The lowest BCUT2D eigenvalue weighted by molar-refractivity contribution is -0.145. The molecule has 0 bridgehead atoms. The van der Waals surface area contributed by atoms with Crippen molar-refractivity contribution in [1.82, 2.24) is 0 Å². The van der Waals surface area contributed by atoms with Gasteiger partial charge in [0.05, 0.1) is 13.0 Å². The van der Waals surface area contributed by atoms with Gasteiger partial charge in [-0.05, 0) is 31.5 Å². The molecular formula is C15H16O5. The molecule has 5 nitrogen and oxygen atoms in total. The van der Waals surface area contributed by atoms with Crippen LogP contribution >= 0.6 is 0 Å². The Kier molecular flexibility index (Phi) is 4.08. The standard InChI is InChI=1S/C15H16O5/c1-9-6-14(16)20-13-7-11(4-5-12(9)13)19-8-10(2)15(17)18-3/h4-7,10H,8H2,1-3H3. The minimum absolute atomic E-state index is 0.203. The van der Waals surface area contributed by atoms with Crippen LogP contribution in [0.15, 0.2) is 33.5 Å². The zero-order valence-corrected chi connectivity index (χ0v) is 11.6. The molecule has 5 heteroatoms. The fourth-order valence-electron chi connectivity index (χ4n) is 1.89. The van der Waals surface area contributed by atoms with Crippen LogP contribution in [-0.4, -0.2) is 19.7 Å². The van der Waals surface area contributed by atoms with Gasteiger partial charge in [0.2, 0.25) is 0 Å². The minimum atomic E-state index is -0.393. The van der Waals surface area contributed by atoms with Crippen LogP contribution < -0.4 is 10.4 Å². The molecule has 0 aliphatic heterocycles. The Labute approximate surface area is 116 Å². The van der Waals surface area contributed by atoms with Crippen molar-refractivity contribution in [2.75, 3.05) is 13.7 Å². The first-order valence-electron chi connectivity index (χ1n) is 6.26. The average Bonchev–Trinajstić information content (AvgIpc) is 2.43. The van der Waals surface area contributed by atoms with Crippen LogP contribution in [-0.2, 0) is 9.53 Å². The van der Waals surface area contributed by atoms with Crippen LogP contribution in [0.1, 0.15) is 12.5 Å². The summed E-state index contributed by atoms with van der Waals surface area (Å²) in [5.74, 6) is -0.143. The number of benzene rings is 1. The average molecular weight is 276 g/mol. The molecule has 0 amide bonds. The third-order valence-corrected chi connectivity index (χ3v) is 3.03. The lowest BCUT2D eigenvalue weighted by Crippen LogP contribution is -2.19. The maximum absolute atomic E-state index is 11.3. The second-order valence-corrected chi connectivity index (χ2v) is 4.64. The SMILES string of the molecule is COC(=O)C(C)COc1ccc2c(C)cc(=O)oc2c1. The molecule has 1 aromatic carbocycles. The van der Waals surface area contributed by atoms with Crippen molar-refractivity contribution >= 4 is 16.9 Å². The molecule has 0 spiro atoms. The predicted octanol–water partition coefficient (Wildman–Crippen LogP) is 2.29. The van der Waals surface area contributed by atoms with Gasteiger partial charge in [-0.2, -0.15) is 0 Å². The van der Waals surface area contributed by atoms with Gasteiger partial charge in [-0.15, -0.1) is 0 Å². The van der Waals surface area contributed by atoms with Crippen molar-refractivity contribution in [3.05, 3.63) is 40.2 Å². The highest BCUT2D eigenvalue weighted by Gasteiger charge is 2.14.